The molecule has 0 bridgehead atoms. The van der Waals surface area contributed by atoms with Crippen LogP contribution in [-0.2, 0) is 11.2 Å². The third-order valence-corrected chi connectivity index (χ3v) is 2.88. The van der Waals surface area contributed by atoms with Crippen molar-refractivity contribution in [3.63, 3.8) is 0 Å². The molecule has 0 aliphatic heterocycles. The molecule has 1 N–H and O–H groups in total. The van der Waals surface area contributed by atoms with E-state index in [1.807, 2.05) is 13.8 Å². The van der Waals surface area contributed by atoms with Gasteiger partial charge in [-0.05, 0) is 29.9 Å². The Kier molecular flexibility index (Phi) is 2.26. The minimum atomic E-state index is -0.878. The highest BCUT2D eigenvalue weighted by Gasteiger charge is 2.40. The Morgan fingerprint density at radius 3 is 2.93 bits per heavy atom. The Labute approximate surface area is 92.3 Å². The molecule has 4 nitrogen and oxygen atoms in total. The zero-order chi connectivity index (χ0) is 11.2. The van der Waals surface area contributed by atoms with E-state index >= 15 is 0 Å². The first-order valence-corrected chi connectivity index (χ1v) is 5.15. The van der Waals surface area contributed by atoms with Crippen molar-refractivity contribution >= 4 is 17.6 Å². The molecule has 1 aromatic heterocycles. The van der Waals surface area contributed by atoms with Gasteiger partial charge in [-0.1, -0.05) is 13.8 Å². The van der Waals surface area contributed by atoms with E-state index in [0.29, 0.717) is 24.3 Å². The molecular weight excluding hydrogens is 218 g/mol. The smallest absolute Gasteiger partial charge is 0.314 e. The van der Waals surface area contributed by atoms with Crippen LogP contribution >= 0.6 is 11.6 Å². The van der Waals surface area contributed by atoms with E-state index in [1.165, 1.54) is 0 Å². The number of nitrogens with zero attached hydrogens (tertiary/aromatic N) is 1. The molecule has 1 atom stereocenters. The van der Waals surface area contributed by atoms with Crippen molar-refractivity contribution < 1.29 is 14.3 Å². The fraction of sp³-hybridized carbons (Fsp3) is 0.600. The number of halogens is 1. The molecule has 0 amide bonds. The van der Waals surface area contributed by atoms with Gasteiger partial charge in [-0.3, -0.25) is 4.79 Å². The molecule has 0 aromatic carbocycles. The Hall–Kier alpha value is -1.03. The van der Waals surface area contributed by atoms with Crippen LogP contribution in [0.1, 0.15) is 37.6 Å². The first-order valence-electron chi connectivity index (χ1n) is 4.77. The number of carbonyl (C=O) groups is 1. The van der Waals surface area contributed by atoms with Crippen molar-refractivity contribution in [3.05, 3.63) is 16.8 Å². The van der Waals surface area contributed by atoms with E-state index in [4.69, 9.17) is 21.1 Å². The lowest BCUT2D eigenvalue weighted by atomic mass is 9.73. The molecule has 2 rings (SSSR count). The van der Waals surface area contributed by atoms with Gasteiger partial charge in [-0.2, -0.15) is 0 Å². The number of fused-ring (bicyclic) bond motifs is 1. The largest absolute Gasteiger partial charge is 0.481 e. The summed E-state index contributed by atoms with van der Waals surface area (Å²) in [6.45, 7) is 4.04. The highest BCUT2D eigenvalue weighted by Crippen LogP contribution is 2.42. The molecule has 1 unspecified atom stereocenters. The first-order chi connectivity index (χ1) is 6.89. The second kappa shape index (κ2) is 3.23. The van der Waals surface area contributed by atoms with Gasteiger partial charge in [0, 0.05) is 0 Å². The lowest BCUT2D eigenvalue weighted by molar-refractivity contribution is -0.140. The van der Waals surface area contributed by atoms with Crippen LogP contribution in [0.2, 0.25) is 5.35 Å². The summed E-state index contributed by atoms with van der Waals surface area (Å²) in [6, 6.07) is 0. The van der Waals surface area contributed by atoms with Gasteiger partial charge >= 0.3 is 5.97 Å². The van der Waals surface area contributed by atoms with E-state index < -0.39 is 11.9 Å². The van der Waals surface area contributed by atoms with Crippen molar-refractivity contribution in [2.45, 2.75) is 32.6 Å². The Morgan fingerprint density at radius 2 is 2.33 bits per heavy atom. The molecule has 82 valence electrons. The summed E-state index contributed by atoms with van der Waals surface area (Å²) in [5, 5.41) is 9.13. The highest BCUT2D eigenvalue weighted by molar-refractivity contribution is 6.27. The summed E-state index contributed by atoms with van der Waals surface area (Å²) in [4.78, 5) is 15.1. The summed E-state index contributed by atoms with van der Waals surface area (Å²) in [5.74, 6) is -1.08. The average molecular weight is 230 g/mol. The standard InChI is InChI=1S/C10H12ClNO3/c1-10(2)3-5(8(13)14)7-6(4-10)12-9(11)15-7/h5H,3-4H2,1-2H3,(H,13,14). The summed E-state index contributed by atoms with van der Waals surface area (Å²) < 4.78 is 5.15. The normalized spacial score (nSPS) is 23.5. The van der Waals surface area contributed by atoms with E-state index in [1.54, 1.807) is 0 Å². The van der Waals surface area contributed by atoms with Crippen molar-refractivity contribution in [2.24, 2.45) is 5.41 Å². The van der Waals surface area contributed by atoms with E-state index in [9.17, 15) is 4.79 Å². The first kappa shape index (κ1) is 10.5. The maximum absolute atomic E-state index is 11.1. The molecule has 1 aliphatic rings. The number of rotatable bonds is 1. The topological polar surface area (TPSA) is 63.3 Å². The Morgan fingerprint density at radius 1 is 1.67 bits per heavy atom. The quantitative estimate of drug-likeness (QED) is 0.804. The predicted molar refractivity (Wildman–Crippen MR) is 54.0 cm³/mol. The second-order valence-electron chi connectivity index (χ2n) is 4.71. The molecule has 5 heteroatoms. The lowest BCUT2D eigenvalue weighted by Crippen LogP contribution is -2.29. The fourth-order valence-corrected chi connectivity index (χ4v) is 2.29. The number of oxazole rings is 1. The van der Waals surface area contributed by atoms with E-state index in [0.717, 1.165) is 0 Å². The number of hydrogen-bond acceptors (Lipinski definition) is 3. The predicted octanol–water partition coefficient (Wildman–Crippen LogP) is 2.47. The SMILES string of the molecule is CC1(C)Cc2nc(Cl)oc2C(C(=O)O)C1. The summed E-state index contributed by atoms with van der Waals surface area (Å²) in [7, 11) is 0. The molecule has 1 heterocycles. The van der Waals surface area contributed by atoms with Crippen LogP contribution in [0, 0.1) is 5.41 Å². The Balaban J connectivity index is 2.47. The number of aliphatic carboxylic acids is 1. The van der Waals surface area contributed by atoms with Crippen molar-refractivity contribution in [1.29, 1.82) is 0 Å². The van der Waals surface area contributed by atoms with Crippen LogP contribution in [0.3, 0.4) is 0 Å². The molecule has 0 fully saturated rings. The number of carboxylic acids is 1. The maximum Gasteiger partial charge on any atom is 0.314 e. The zero-order valence-corrected chi connectivity index (χ0v) is 9.34. The van der Waals surface area contributed by atoms with Gasteiger partial charge in [0.2, 0.25) is 0 Å². The van der Waals surface area contributed by atoms with E-state index in [2.05, 4.69) is 4.98 Å². The van der Waals surface area contributed by atoms with Crippen LogP contribution in [0.4, 0.5) is 0 Å². The van der Waals surface area contributed by atoms with Gasteiger partial charge in [-0.15, -0.1) is 0 Å². The molecule has 15 heavy (non-hydrogen) atoms. The van der Waals surface area contributed by atoms with Gasteiger partial charge in [0.25, 0.3) is 5.35 Å². The molecular formula is C10H12ClNO3. The highest BCUT2D eigenvalue weighted by atomic mass is 35.5. The number of aromatic nitrogens is 1. The summed E-state index contributed by atoms with van der Waals surface area (Å²) in [5.41, 5.74) is 0.611. The van der Waals surface area contributed by atoms with Crippen LogP contribution in [-0.4, -0.2) is 16.1 Å². The van der Waals surface area contributed by atoms with Crippen LogP contribution < -0.4 is 0 Å². The van der Waals surface area contributed by atoms with Gasteiger partial charge in [0.15, 0.2) is 0 Å². The lowest BCUT2D eigenvalue weighted by Gasteiger charge is -2.31. The van der Waals surface area contributed by atoms with Crippen LogP contribution in [0.15, 0.2) is 4.42 Å². The molecule has 0 radical (unpaired) electrons. The van der Waals surface area contributed by atoms with Crippen molar-refractivity contribution in [3.8, 4) is 0 Å². The molecule has 1 aromatic rings. The third-order valence-electron chi connectivity index (χ3n) is 2.72. The molecule has 0 spiro atoms. The minimum Gasteiger partial charge on any atom is -0.481 e. The second-order valence-corrected chi connectivity index (χ2v) is 5.04. The summed E-state index contributed by atoms with van der Waals surface area (Å²) in [6.07, 6.45) is 1.27. The monoisotopic (exact) mass is 229 g/mol. The minimum absolute atomic E-state index is 0.0314. The van der Waals surface area contributed by atoms with Crippen LogP contribution in [0.5, 0.6) is 0 Å². The zero-order valence-electron chi connectivity index (χ0n) is 8.58. The molecule has 0 saturated heterocycles. The Bertz CT molecular complexity index is 411. The number of hydrogen-bond donors (Lipinski definition) is 1. The van der Waals surface area contributed by atoms with Crippen LogP contribution in [0.25, 0.3) is 0 Å². The van der Waals surface area contributed by atoms with E-state index in [-0.39, 0.29) is 10.8 Å². The third kappa shape index (κ3) is 1.86. The average Bonchev–Trinajstić information content (AvgIpc) is 2.41. The van der Waals surface area contributed by atoms with Gasteiger partial charge in [-0.25, -0.2) is 4.98 Å². The molecule has 1 aliphatic carbocycles. The van der Waals surface area contributed by atoms with Gasteiger partial charge in [0.05, 0.1) is 5.69 Å². The van der Waals surface area contributed by atoms with Crippen molar-refractivity contribution in [2.75, 3.05) is 0 Å². The number of carboxylic acid groups (broad SMARTS) is 1. The summed E-state index contributed by atoms with van der Waals surface area (Å²) >= 11 is 5.64. The maximum atomic E-state index is 11.1. The van der Waals surface area contributed by atoms with Crippen molar-refractivity contribution in [1.82, 2.24) is 4.98 Å². The van der Waals surface area contributed by atoms with Gasteiger partial charge < -0.3 is 9.52 Å². The molecule has 0 saturated carbocycles. The fourth-order valence-electron chi connectivity index (χ4n) is 2.10. The van der Waals surface area contributed by atoms with Gasteiger partial charge in [0.1, 0.15) is 11.7 Å².